The zero-order valence-corrected chi connectivity index (χ0v) is 9.41. The Morgan fingerprint density at radius 2 is 2.06 bits per heavy atom. The lowest BCUT2D eigenvalue weighted by molar-refractivity contribution is -0.138. The van der Waals surface area contributed by atoms with Gasteiger partial charge < -0.3 is 9.84 Å². The van der Waals surface area contributed by atoms with Gasteiger partial charge in [-0.05, 0) is 0 Å². The maximum absolute atomic E-state index is 11.2. The summed E-state index contributed by atoms with van der Waals surface area (Å²) in [5.74, 6) is -1.04. The average Bonchev–Trinajstić information content (AvgIpc) is 2.67. The van der Waals surface area contributed by atoms with E-state index in [9.17, 15) is 9.59 Å². The number of rotatable bonds is 4. The normalized spacial score (nSPS) is 26.1. The third-order valence-electron chi connectivity index (χ3n) is 2.93. The molecular weight excluding hydrogens is 226 g/mol. The second kappa shape index (κ2) is 5.24. The van der Waals surface area contributed by atoms with Crippen LogP contribution in [-0.2, 0) is 14.3 Å². The van der Waals surface area contributed by atoms with Crippen molar-refractivity contribution >= 4 is 18.3 Å². The van der Waals surface area contributed by atoms with Crippen LogP contribution in [0.15, 0.2) is 4.99 Å². The molecule has 1 atom stereocenters. The van der Waals surface area contributed by atoms with Gasteiger partial charge in [0, 0.05) is 32.7 Å². The van der Waals surface area contributed by atoms with Crippen molar-refractivity contribution in [2.24, 2.45) is 4.99 Å². The number of ether oxygens (including phenoxy) is 1. The molecule has 0 bridgehead atoms. The Morgan fingerprint density at radius 3 is 2.59 bits per heavy atom. The number of nitrogens with zero attached hydrogens (tertiary/aromatic N) is 3. The molecule has 7 nitrogen and oxygen atoms in total. The fourth-order valence-corrected chi connectivity index (χ4v) is 1.97. The van der Waals surface area contributed by atoms with Gasteiger partial charge in [0.25, 0.3) is 5.91 Å². The molecule has 2 aliphatic heterocycles. The number of hydrogen-bond donors (Lipinski definition) is 1. The summed E-state index contributed by atoms with van der Waals surface area (Å²) in [4.78, 5) is 29.3. The Labute approximate surface area is 98.7 Å². The highest BCUT2D eigenvalue weighted by Gasteiger charge is 2.27. The first-order chi connectivity index (χ1) is 8.15. The molecule has 0 aromatic heterocycles. The summed E-state index contributed by atoms with van der Waals surface area (Å²) in [7, 11) is 0. The molecule has 2 heterocycles. The number of carboxylic acid groups (broad SMARTS) is 1. The van der Waals surface area contributed by atoms with Crippen LogP contribution in [0.3, 0.4) is 0 Å². The van der Waals surface area contributed by atoms with Gasteiger partial charge in [-0.15, -0.1) is 0 Å². The molecule has 0 radical (unpaired) electrons. The number of carbonyl (C=O) groups excluding carboxylic acids is 1. The maximum Gasteiger partial charge on any atom is 0.317 e. The second-order valence-electron chi connectivity index (χ2n) is 4.17. The number of hydrogen-bond acceptors (Lipinski definition) is 5. The van der Waals surface area contributed by atoms with E-state index in [-0.39, 0.29) is 12.5 Å². The van der Waals surface area contributed by atoms with Crippen LogP contribution >= 0.6 is 0 Å². The van der Waals surface area contributed by atoms with E-state index < -0.39 is 12.1 Å². The summed E-state index contributed by atoms with van der Waals surface area (Å²) in [5.41, 5.74) is 0. The number of carbonyl (C=O) groups is 2. The molecule has 0 aromatic rings. The minimum Gasteiger partial charge on any atom is -0.480 e. The smallest absolute Gasteiger partial charge is 0.317 e. The van der Waals surface area contributed by atoms with Crippen LogP contribution in [0.5, 0.6) is 0 Å². The molecule has 1 fully saturated rings. The van der Waals surface area contributed by atoms with Crippen molar-refractivity contribution in [3.05, 3.63) is 0 Å². The molecule has 1 amide bonds. The molecule has 0 aliphatic carbocycles. The molecular formula is C10H15N3O4. The van der Waals surface area contributed by atoms with Crippen LogP contribution in [0.2, 0.25) is 0 Å². The molecule has 94 valence electrons. The van der Waals surface area contributed by atoms with Crippen molar-refractivity contribution in [1.82, 2.24) is 9.80 Å². The Bertz CT molecular complexity index is 336. The number of aliphatic carboxylic acids is 1. The van der Waals surface area contributed by atoms with Crippen molar-refractivity contribution in [2.45, 2.75) is 6.10 Å². The highest BCUT2D eigenvalue weighted by molar-refractivity contribution is 5.91. The molecule has 0 spiro atoms. The zero-order valence-electron chi connectivity index (χ0n) is 9.41. The molecule has 2 aliphatic rings. The van der Waals surface area contributed by atoms with Crippen molar-refractivity contribution in [3.8, 4) is 0 Å². The van der Waals surface area contributed by atoms with Crippen LogP contribution in [0.25, 0.3) is 0 Å². The van der Waals surface area contributed by atoms with Crippen molar-refractivity contribution in [3.63, 3.8) is 0 Å². The van der Waals surface area contributed by atoms with E-state index in [1.165, 1.54) is 6.40 Å². The third-order valence-corrected chi connectivity index (χ3v) is 2.93. The summed E-state index contributed by atoms with van der Waals surface area (Å²) < 4.78 is 5.07. The summed E-state index contributed by atoms with van der Waals surface area (Å²) in [6, 6.07) is 0. The Hall–Kier alpha value is -1.47. The molecule has 1 saturated heterocycles. The highest BCUT2D eigenvalue weighted by Crippen LogP contribution is 2.07. The first kappa shape index (κ1) is 12.0. The SMILES string of the molecule is O=C(O)CN1CCN(C[C@H]2OC=NC2=O)CC1. The van der Waals surface area contributed by atoms with Crippen LogP contribution < -0.4 is 0 Å². The monoisotopic (exact) mass is 241 g/mol. The van der Waals surface area contributed by atoms with E-state index in [1.54, 1.807) is 0 Å². The van der Waals surface area contributed by atoms with E-state index in [4.69, 9.17) is 9.84 Å². The predicted octanol–water partition coefficient (Wildman–Crippen LogP) is -1.36. The van der Waals surface area contributed by atoms with Gasteiger partial charge in [0.2, 0.25) is 0 Å². The molecule has 1 N–H and O–H groups in total. The van der Waals surface area contributed by atoms with E-state index in [1.807, 2.05) is 4.90 Å². The number of amides is 1. The van der Waals surface area contributed by atoms with E-state index in [2.05, 4.69) is 9.89 Å². The van der Waals surface area contributed by atoms with Gasteiger partial charge in [-0.1, -0.05) is 0 Å². The Balaban J connectivity index is 1.72. The summed E-state index contributed by atoms with van der Waals surface area (Å²) in [6.45, 7) is 3.51. The highest BCUT2D eigenvalue weighted by atomic mass is 16.5. The van der Waals surface area contributed by atoms with Crippen LogP contribution in [0, 0.1) is 0 Å². The minimum atomic E-state index is -0.804. The van der Waals surface area contributed by atoms with Gasteiger partial charge in [-0.2, -0.15) is 4.99 Å². The van der Waals surface area contributed by atoms with E-state index in [0.717, 1.165) is 13.1 Å². The molecule has 0 aromatic carbocycles. The summed E-state index contributed by atoms with van der Waals surface area (Å²) in [5, 5.41) is 8.66. The van der Waals surface area contributed by atoms with Gasteiger partial charge >= 0.3 is 5.97 Å². The largest absolute Gasteiger partial charge is 0.480 e. The number of carboxylic acids is 1. The van der Waals surface area contributed by atoms with E-state index in [0.29, 0.717) is 19.6 Å². The van der Waals surface area contributed by atoms with Gasteiger partial charge in [0.15, 0.2) is 12.5 Å². The molecule has 17 heavy (non-hydrogen) atoms. The lowest BCUT2D eigenvalue weighted by Gasteiger charge is -2.34. The second-order valence-corrected chi connectivity index (χ2v) is 4.17. The average molecular weight is 241 g/mol. The van der Waals surface area contributed by atoms with Crippen LogP contribution in [-0.4, -0.2) is 78.6 Å². The quantitative estimate of drug-likeness (QED) is 0.654. The standard InChI is InChI=1S/C10H15N3O4/c14-9(15)6-13-3-1-12(2-4-13)5-8-10(16)11-7-17-8/h7-8H,1-6H2,(H,14,15)/t8-/m1/s1. The molecule has 0 unspecified atom stereocenters. The molecule has 0 saturated carbocycles. The molecule has 2 rings (SSSR count). The van der Waals surface area contributed by atoms with Crippen molar-refractivity contribution in [1.29, 1.82) is 0 Å². The lowest BCUT2D eigenvalue weighted by atomic mass is 10.2. The first-order valence-corrected chi connectivity index (χ1v) is 5.53. The summed E-state index contributed by atoms with van der Waals surface area (Å²) >= 11 is 0. The molecule has 7 heteroatoms. The van der Waals surface area contributed by atoms with E-state index >= 15 is 0 Å². The predicted molar refractivity (Wildman–Crippen MR) is 58.9 cm³/mol. The van der Waals surface area contributed by atoms with Gasteiger partial charge in [0.1, 0.15) is 0 Å². The van der Waals surface area contributed by atoms with Crippen molar-refractivity contribution in [2.75, 3.05) is 39.3 Å². The fourth-order valence-electron chi connectivity index (χ4n) is 1.97. The Morgan fingerprint density at radius 1 is 1.41 bits per heavy atom. The van der Waals surface area contributed by atoms with Gasteiger partial charge in [-0.25, -0.2) is 0 Å². The Kier molecular flexibility index (Phi) is 3.70. The topological polar surface area (TPSA) is 82.4 Å². The lowest BCUT2D eigenvalue weighted by Crippen LogP contribution is -2.50. The first-order valence-electron chi connectivity index (χ1n) is 5.53. The number of piperazine rings is 1. The van der Waals surface area contributed by atoms with Gasteiger partial charge in [0.05, 0.1) is 6.54 Å². The van der Waals surface area contributed by atoms with Crippen LogP contribution in [0.4, 0.5) is 0 Å². The van der Waals surface area contributed by atoms with Crippen molar-refractivity contribution < 1.29 is 19.4 Å². The number of aliphatic imine (C=N–C) groups is 1. The maximum atomic E-state index is 11.2. The summed E-state index contributed by atoms with van der Waals surface area (Å²) in [6.07, 6.45) is 0.703. The minimum absolute atomic E-state index is 0.0792. The fraction of sp³-hybridized carbons (Fsp3) is 0.700. The van der Waals surface area contributed by atoms with Gasteiger partial charge in [-0.3, -0.25) is 19.4 Å². The zero-order chi connectivity index (χ0) is 12.3. The van der Waals surface area contributed by atoms with Crippen LogP contribution in [0.1, 0.15) is 0 Å². The third kappa shape index (κ3) is 3.24.